The lowest BCUT2D eigenvalue weighted by Crippen LogP contribution is -2.46. The van der Waals surface area contributed by atoms with Crippen LogP contribution < -0.4 is 26.6 Å². The molecular weight excluding hydrogens is 390 g/mol. The van der Waals surface area contributed by atoms with Crippen LogP contribution in [0.25, 0.3) is 0 Å². The van der Waals surface area contributed by atoms with Crippen LogP contribution in [0, 0.1) is 0 Å². The molecule has 0 aliphatic heterocycles. The highest BCUT2D eigenvalue weighted by Crippen LogP contribution is 2.05. The van der Waals surface area contributed by atoms with E-state index < -0.39 is 60.9 Å². The topological polar surface area (TPSA) is 181 Å². The first-order valence-electron chi connectivity index (χ1n) is 8.53. The smallest absolute Gasteiger partial charge is 0.408 e. The lowest BCUT2D eigenvalue weighted by atomic mass is 10.2. The molecule has 0 aromatic heterocycles. The van der Waals surface area contributed by atoms with Crippen molar-refractivity contribution in [3.8, 4) is 0 Å². The molecule has 0 rings (SSSR count). The number of methoxy groups -OCH3 is 1. The zero-order chi connectivity index (χ0) is 22.4. The zero-order valence-electron chi connectivity index (χ0n) is 16.8. The van der Waals surface area contributed by atoms with Crippen LogP contribution in [0.3, 0.4) is 0 Å². The van der Waals surface area contributed by atoms with E-state index in [0.29, 0.717) is 0 Å². The molecular formula is C16H27N5O8. The van der Waals surface area contributed by atoms with Crippen LogP contribution in [0.2, 0.25) is 0 Å². The summed E-state index contributed by atoms with van der Waals surface area (Å²) in [6.45, 7) is 3.06. The fourth-order valence-corrected chi connectivity index (χ4v) is 1.50. The number of esters is 1. The Hall–Kier alpha value is -3.38. The summed E-state index contributed by atoms with van der Waals surface area (Å²) in [4.78, 5) is 68.2. The Morgan fingerprint density at radius 2 is 0.966 bits per heavy atom. The highest BCUT2D eigenvalue weighted by Gasteiger charge is 2.16. The highest BCUT2D eigenvalue weighted by molar-refractivity contribution is 5.91. The standard InChI is InChI=1S/C16H27N5O8/c1-16(2,3)29-15(27)21-8-13(25)19-6-11(23)17-5-10(22)18-7-12(24)20-9-14(26)28-4/h5-9H2,1-4H3,(H,17,23)(H,18,22)(H,19,25)(H,20,24)(H,21,27). The van der Waals surface area contributed by atoms with Crippen molar-refractivity contribution in [2.45, 2.75) is 26.4 Å². The van der Waals surface area contributed by atoms with E-state index in [1.165, 1.54) is 7.11 Å². The number of hydrogen-bond donors (Lipinski definition) is 5. The molecule has 0 heterocycles. The van der Waals surface area contributed by atoms with E-state index in [1.54, 1.807) is 20.8 Å². The van der Waals surface area contributed by atoms with Crippen LogP contribution in [0.1, 0.15) is 20.8 Å². The Balaban J connectivity index is 3.90. The van der Waals surface area contributed by atoms with E-state index in [9.17, 15) is 28.8 Å². The number of hydrogen-bond acceptors (Lipinski definition) is 8. The van der Waals surface area contributed by atoms with Crippen LogP contribution in [0.15, 0.2) is 0 Å². The molecule has 0 radical (unpaired) electrons. The van der Waals surface area contributed by atoms with E-state index in [1.807, 2.05) is 0 Å². The quantitative estimate of drug-likeness (QED) is 0.235. The van der Waals surface area contributed by atoms with Gasteiger partial charge < -0.3 is 36.1 Å². The maximum absolute atomic E-state index is 11.6. The van der Waals surface area contributed by atoms with E-state index in [-0.39, 0.29) is 13.1 Å². The van der Waals surface area contributed by atoms with Crippen molar-refractivity contribution < 1.29 is 38.2 Å². The predicted molar refractivity (Wildman–Crippen MR) is 98.3 cm³/mol. The van der Waals surface area contributed by atoms with Gasteiger partial charge in [-0.05, 0) is 20.8 Å². The molecule has 0 aromatic carbocycles. The predicted octanol–water partition coefficient (Wildman–Crippen LogP) is -2.85. The summed E-state index contributed by atoms with van der Waals surface area (Å²) in [6.07, 6.45) is -0.774. The summed E-state index contributed by atoms with van der Waals surface area (Å²) in [5.41, 5.74) is -0.705. The molecule has 0 aliphatic carbocycles. The largest absolute Gasteiger partial charge is 0.468 e. The van der Waals surface area contributed by atoms with Crippen LogP contribution in [0.5, 0.6) is 0 Å². The molecule has 13 heteroatoms. The number of ether oxygens (including phenoxy) is 2. The third-order valence-electron chi connectivity index (χ3n) is 2.79. The average Bonchev–Trinajstić information content (AvgIpc) is 2.63. The van der Waals surface area contributed by atoms with Gasteiger partial charge in [-0.2, -0.15) is 0 Å². The molecule has 0 saturated carbocycles. The third kappa shape index (κ3) is 15.4. The lowest BCUT2D eigenvalue weighted by molar-refractivity contribution is -0.141. The molecule has 5 N–H and O–H groups in total. The molecule has 0 fully saturated rings. The second-order valence-electron chi connectivity index (χ2n) is 6.54. The van der Waals surface area contributed by atoms with Crippen molar-refractivity contribution >= 4 is 35.7 Å². The zero-order valence-corrected chi connectivity index (χ0v) is 16.8. The maximum Gasteiger partial charge on any atom is 0.408 e. The van der Waals surface area contributed by atoms with E-state index in [2.05, 4.69) is 31.3 Å². The summed E-state index contributed by atoms with van der Waals surface area (Å²) >= 11 is 0. The van der Waals surface area contributed by atoms with E-state index in [0.717, 1.165) is 0 Å². The summed E-state index contributed by atoms with van der Waals surface area (Å²) in [5, 5.41) is 11.2. The number of alkyl carbamates (subject to hydrolysis) is 1. The number of amides is 5. The molecule has 0 bridgehead atoms. The molecule has 13 nitrogen and oxygen atoms in total. The first kappa shape index (κ1) is 25.6. The molecule has 0 unspecified atom stereocenters. The molecule has 0 spiro atoms. The second kappa shape index (κ2) is 12.9. The summed E-state index contributed by atoms with van der Waals surface area (Å²) in [7, 11) is 1.17. The first-order chi connectivity index (χ1) is 13.4. The number of nitrogens with one attached hydrogen (secondary N) is 5. The molecule has 5 amide bonds. The van der Waals surface area contributed by atoms with Gasteiger partial charge in [0.15, 0.2) is 0 Å². The van der Waals surface area contributed by atoms with Crippen molar-refractivity contribution in [1.29, 1.82) is 0 Å². The van der Waals surface area contributed by atoms with Gasteiger partial charge in [0.1, 0.15) is 18.7 Å². The van der Waals surface area contributed by atoms with Crippen LogP contribution >= 0.6 is 0 Å². The van der Waals surface area contributed by atoms with Crippen molar-refractivity contribution in [2.24, 2.45) is 0 Å². The van der Waals surface area contributed by atoms with Crippen molar-refractivity contribution in [3.05, 3.63) is 0 Å². The Bertz CT molecular complexity index is 629. The minimum atomic E-state index is -0.774. The number of rotatable bonds is 10. The van der Waals surface area contributed by atoms with Crippen LogP contribution in [-0.4, -0.2) is 81.1 Å². The second-order valence-corrected chi connectivity index (χ2v) is 6.54. The van der Waals surface area contributed by atoms with E-state index >= 15 is 0 Å². The fraction of sp³-hybridized carbons (Fsp3) is 0.625. The monoisotopic (exact) mass is 417 g/mol. The van der Waals surface area contributed by atoms with Crippen molar-refractivity contribution in [1.82, 2.24) is 26.6 Å². The summed E-state index contributed by atoms with van der Waals surface area (Å²) in [5.74, 6) is -3.18. The minimum absolute atomic E-state index is 0.329. The first-order valence-corrected chi connectivity index (χ1v) is 8.53. The van der Waals surface area contributed by atoms with Gasteiger partial charge in [0.05, 0.1) is 26.7 Å². The lowest BCUT2D eigenvalue weighted by Gasteiger charge is -2.19. The average molecular weight is 417 g/mol. The minimum Gasteiger partial charge on any atom is -0.468 e. The third-order valence-corrected chi connectivity index (χ3v) is 2.79. The van der Waals surface area contributed by atoms with Gasteiger partial charge in [0.2, 0.25) is 23.6 Å². The molecule has 0 aliphatic rings. The van der Waals surface area contributed by atoms with Gasteiger partial charge in [-0.3, -0.25) is 24.0 Å². The number of carbonyl (C=O) groups is 6. The molecule has 0 aromatic rings. The Morgan fingerprint density at radius 3 is 1.31 bits per heavy atom. The fourth-order valence-electron chi connectivity index (χ4n) is 1.50. The Labute approximate surface area is 167 Å². The highest BCUT2D eigenvalue weighted by atomic mass is 16.6. The van der Waals surface area contributed by atoms with Gasteiger partial charge in [-0.1, -0.05) is 0 Å². The summed E-state index contributed by atoms with van der Waals surface area (Å²) in [6, 6.07) is 0. The summed E-state index contributed by atoms with van der Waals surface area (Å²) < 4.78 is 9.28. The Morgan fingerprint density at radius 1 is 0.621 bits per heavy atom. The molecule has 0 saturated heterocycles. The van der Waals surface area contributed by atoms with Gasteiger partial charge in [0, 0.05) is 0 Å². The SMILES string of the molecule is COC(=O)CNC(=O)CNC(=O)CNC(=O)CNC(=O)CNC(=O)OC(C)(C)C. The van der Waals surface area contributed by atoms with Crippen LogP contribution in [-0.2, 0) is 33.4 Å². The van der Waals surface area contributed by atoms with E-state index in [4.69, 9.17) is 4.74 Å². The maximum atomic E-state index is 11.6. The van der Waals surface area contributed by atoms with Gasteiger partial charge in [-0.15, -0.1) is 0 Å². The molecule has 29 heavy (non-hydrogen) atoms. The van der Waals surface area contributed by atoms with Crippen molar-refractivity contribution in [2.75, 3.05) is 39.8 Å². The Kier molecular flexibility index (Phi) is 11.4. The normalized spacial score (nSPS) is 10.2. The van der Waals surface area contributed by atoms with Crippen LogP contribution in [0.4, 0.5) is 4.79 Å². The number of carbonyl (C=O) groups excluding carboxylic acids is 6. The van der Waals surface area contributed by atoms with Gasteiger partial charge in [0.25, 0.3) is 0 Å². The molecule has 164 valence electrons. The van der Waals surface area contributed by atoms with Gasteiger partial charge in [-0.25, -0.2) is 4.79 Å². The van der Waals surface area contributed by atoms with Gasteiger partial charge >= 0.3 is 12.1 Å². The van der Waals surface area contributed by atoms with Crippen molar-refractivity contribution in [3.63, 3.8) is 0 Å². The molecule has 0 atom stereocenters.